The Morgan fingerprint density at radius 1 is 1.24 bits per heavy atom. The highest BCUT2D eigenvalue weighted by Gasteiger charge is 2.51. The van der Waals surface area contributed by atoms with E-state index in [0.717, 1.165) is 18.5 Å². The van der Waals surface area contributed by atoms with Crippen LogP contribution >= 0.6 is 0 Å². The molecule has 1 nitrogen and oxygen atoms in total. The van der Waals surface area contributed by atoms with Gasteiger partial charge in [-0.2, -0.15) is 0 Å². The van der Waals surface area contributed by atoms with Crippen LogP contribution in [-0.2, 0) is 6.54 Å². The summed E-state index contributed by atoms with van der Waals surface area (Å²) in [5.41, 5.74) is 2.18. The first-order valence-corrected chi connectivity index (χ1v) is 6.98. The molecule has 92 valence electrons. The Morgan fingerprint density at radius 2 is 1.94 bits per heavy atom. The summed E-state index contributed by atoms with van der Waals surface area (Å²) in [5.74, 6) is 0.873. The molecule has 1 aromatic carbocycles. The first kappa shape index (κ1) is 11.3. The summed E-state index contributed by atoms with van der Waals surface area (Å²) in [6.45, 7) is 7.27. The van der Waals surface area contributed by atoms with Crippen molar-refractivity contribution >= 4 is 0 Å². The number of nitrogens with zero attached hydrogens (tertiary/aromatic N) is 1. The van der Waals surface area contributed by atoms with Crippen LogP contribution in [0.2, 0.25) is 0 Å². The van der Waals surface area contributed by atoms with Gasteiger partial charge in [0.1, 0.15) is 0 Å². The highest BCUT2D eigenvalue weighted by Crippen LogP contribution is 2.55. The van der Waals surface area contributed by atoms with Crippen LogP contribution < -0.4 is 0 Å². The maximum atomic E-state index is 2.69. The predicted molar refractivity (Wildman–Crippen MR) is 71.8 cm³/mol. The van der Waals surface area contributed by atoms with Crippen molar-refractivity contribution in [3.63, 3.8) is 0 Å². The molecule has 0 N–H and O–H groups in total. The third kappa shape index (κ3) is 1.91. The van der Waals surface area contributed by atoms with Gasteiger partial charge in [0.2, 0.25) is 0 Å². The molecule has 0 unspecified atom stereocenters. The van der Waals surface area contributed by atoms with E-state index < -0.39 is 0 Å². The Morgan fingerprint density at radius 3 is 2.47 bits per heavy atom. The summed E-state index contributed by atoms with van der Waals surface area (Å²) >= 11 is 0. The summed E-state index contributed by atoms with van der Waals surface area (Å²) in [6.07, 6.45) is 4.29. The highest BCUT2D eigenvalue weighted by atomic mass is 15.2. The van der Waals surface area contributed by atoms with Crippen molar-refractivity contribution in [3.8, 4) is 0 Å². The molecule has 0 amide bonds. The van der Waals surface area contributed by atoms with E-state index in [2.05, 4.69) is 49.1 Å². The van der Waals surface area contributed by atoms with E-state index in [1.54, 1.807) is 0 Å². The van der Waals surface area contributed by atoms with Crippen LogP contribution in [0, 0.1) is 11.3 Å². The molecule has 0 spiro atoms. The Bertz CT molecular complexity index is 370. The smallest absolute Gasteiger partial charge is 0.0236 e. The van der Waals surface area contributed by atoms with Gasteiger partial charge in [0.25, 0.3) is 0 Å². The van der Waals surface area contributed by atoms with Gasteiger partial charge in [-0.1, -0.05) is 44.2 Å². The highest BCUT2D eigenvalue weighted by molar-refractivity contribution is 5.16. The lowest BCUT2D eigenvalue weighted by Crippen LogP contribution is -2.59. The minimum atomic E-state index is 0.706. The molecule has 0 atom stereocenters. The van der Waals surface area contributed by atoms with E-state index in [0.29, 0.717) is 5.41 Å². The molecule has 1 aromatic rings. The number of piperidine rings is 2. The van der Waals surface area contributed by atoms with Crippen molar-refractivity contribution in [2.24, 2.45) is 11.3 Å². The molecule has 3 fully saturated rings. The average Bonchev–Trinajstić information content (AvgIpc) is 2.29. The lowest BCUT2D eigenvalue weighted by atomic mass is 9.55. The van der Waals surface area contributed by atoms with Gasteiger partial charge in [0, 0.05) is 12.6 Å². The van der Waals surface area contributed by atoms with Gasteiger partial charge >= 0.3 is 0 Å². The quantitative estimate of drug-likeness (QED) is 0.764. The van der Waals surface area contributed by atoms with Crippen molar-refractivity contribution in [1.29, 1.82) is 0 Å². The van der Waals surface area contributed by atoms with Crippen molar-refractivity contribution in [1.82, 2.24) is 4.90 Å². The molecule has 0 aromatic heterocycles. The summed E-state index contributed by atoms with van der Waals surface area (Å²) in [5, 5.41) is 0. The van der Waals surface area contributed by atoms with Crippen molar-refractivity contribution < 1.29 is 0 Å². The van der Waals surface area contributed by atoms with Gasteiger partial charge in [-0.05, 0) is 42.7 Å². The summed E-state index contributed by atoms with van der Waals surface area (Å²) < 4.78 is 0. The largest absolute Gasteiger partial charge is 0.296 e. The molecule has 2 heterocycles. The fraction of sp³-hybridized carbons (Fsp3) is 0.625. The molecule has 3 aliphatic rings. The van der Waals surface area contributed by atoms with Gasteiger partial charge < -0.3 is 0 Å². The third-order valence-corrected chi connectivity index (χ3v) is 5.15. The summed E-state index contributed by atoms with van der Waals surface area (Å²) in [6, 6.07) is 11.8. The topological polar surface area (TPSA) is 3.24 Å². The van der Waals surface area contributed by atoms with Gasteiger partial charge in [-0.25, -0.2) is 0 Å². The van der Waals surface area contributed by atoms with E-state index in [4.69, 9.17) is 0 Å². The van der Waals surface area contributed by atoms with Crippen molar-refractivity contribution in [3.05, 3.63) is 35.9 Å². The lowest BCUT2D eigenvalue weighted by molar-refractivity contribution is -0.0962. The second kappa shape index (κ2) is 4.13. The second-order valence-corrected chi connectivity index (χ2v) is 6.29. The lowest BCUT2D eigenvalue weighted by Gasteiger charge is -2.60. The average molecular weight is 229 g/mol. The fourth-order valence-corrected chi connectivity index (χ4v) is 3.68. The Balaban J connectivity index is 1.63. The Hall–Kier alpha value is -0.820. The number of hydrogen-bond acceptors (Lipinski definition) is 1. The van der Waals surface area contributed by atoms with Crippen LogP contribution in [0.25, 0.3) is 0 Å². The molecule has 17 heavy (non-hydrogen) atoms. The molecule has 1 heteroatoms. The maximum Gasteiger partial charge on any atom is 0.0236 e. The zero-order valence-electron chi connectivity index (χ0n) is 11.0. The minimum Gasteiger partial charge on any atom is -0.296 e. The minimum absolute atomic E-state index is 0.706. The number of fused-ring (bicyclic) bond motifs is 2. The Labute approximate surface area is 105 Å². The summed E-state index contributed by atoms with van der Waals surface area (Å²) in [4.78, 5) is 2.69. The molecular formula is C16H23N. The van der Waals surface area contributed by atoms with E-state index in [-0.39, 0.29) is 0 Å². The second-order valence-electron chi connectivity index (χ2n) is 6.29. The zero-order valence-corrected chi connectivity index (χ0v) is 11.0. The first-order chi connectivity index (χ1) is 8.20. The molecular weight excluding hydrogens is 206 g/mol. The molecule has 0 radical (unpaired) electrons. The van der Waals surface area contributed by atoms with E-state index in [1.807, 2.05) is 0 Å². The van der Waals surface area contributed by atoms with Crippen LogP contribution in [-0.4, -0.2) is 17.5 Å². The molecule has 1 aliphatic carbocycles. The SMILES string of the molecule is CC(C)C12CCN(Cc3ccccc3)C(C1)C2. The molecule has 2 saturated heterocycles. The van der Waals surface area contributed by atoms with Crippen molar-refractivity contribution in [2.75, 3.05) is 6.54 Å². The van der Waals surface area contributed by atoms with Crippen LogP contribution in [0.5, 0.6) is 0 Å². The van der Waals surface area contributed by atoms with E-state index in [9.17, 15) is 0 Å². The maximum absolute atomic E-state index is 2.69. The van der Waals surface area contributed by atoms with Gasteiger partial charge in [-0.15, -0.1) is 0 Å². The van der Waals surface area contributed by atoms with Crippen LogP contribution in [0.1, 0.15) is 38.7 Å². The number of rotatable bonds is 3. The van der Waals surface area contributed by atoms with Gasteiger partial charge in [-0.3, -0.25) is 4.90 Å². The monoisotopic (exact) mass is 229 g/mol. The molecule has 2 aliphatic heterocycles. The van der Waals surface area contributed by atoms with Gasteiger partial charge in [0.15, 0.2) is 0 Å². The third-order valence-electron chi connectivity index (χ3n) is 5.15. The van der Waals surface area contributed by atoms with Crippen LogP contribution in [0.15, 0.2) is 30.3 Å². The number of hydrogen-bond donors (Lipinski definition) is 0. The molecule has 4 rings (SSSR count). The molecule has 1 saturated carbocycles. The van der Waals surface area contributed by atoms with Gasteiger partial charge in [0.05, 0.1) is 0 Å². The zero-order chi connectivity index (χ0) is 11.9. The summed E-state index contributed by atoms with van der Waals surface area (Å²) in [7, 11) is 0. The molecule has 2 bridgehead atoms. The van der Waals surface area contributed by atoms with Crippen LogP contribution in [0.3, 0.4) is 0 Å². The van der Waals surface area contributed by atoms with E-state index in [1.165, 1.54) is 31.4 Å². The van der Waals surface area contributed by atoms with E-state index >= 15 is 0 Å². The predicted octanol–water partition coefficient (Wildman–Crippen LogP) is 3.70. The normalized spacial score (nSPS) is 32.5. The van der Waals surface area contributed by atoms with Crippen molar-refractivity contribution in [2.45, 2.75) is 45.7 Å². The fourth-order valence-electron chi connectivity index (χ4n) is 3.68. The standard InChI is InChI=1S/C16H23N/c1-13(2)16-8-9-17(15(10-16)11-16)12-14-6-4-3-5-7-14/h3-7,13,15H,8-12H2,1-2H3. The Kier molecular flexibility index (Phi) is 2.74. The van der Waals surface area contributed by atoms with Crippen LogP contribution in [0.4, 0.5) is 0 Å². The first-order valence-electron chi connectivity index (χ1n) is 6.98. The number of benzene rings is 1.